The van der Waals surface area contributed by atoms with Crippen LogP contribution in [0.4, 0.5) is 0 Å². The maximum atomic E-state index is 12.3. The van der Waals surface area contributed by atoms with Gasteiger partial charge in [0.2, 0.25) is 0 Å². The summed E-state index contributed by atoms with van der Waals surface area (Å²) < 4.78 is 87.0. The molecule has 0 spiro atoms. The molecule has 1 unspecified atom stereocenters. The van der Waals surface area contributed by atoms with Gasteiger partial charge in [0.25, 0.3) is 0 Å². The van der Waals surface area contributed by atoms with Gasteiger partial charge in [0.05, 0.1) is 32.5 Å². The second kappa shape index (κ2) is 32.3. The molecule has 0 amide bonds. The van der Waals surface area contributed by atoms with Crippen LogP contribution in [0.5, 0.6) is 5.75 Å². The molecule has 16 N–H and O–H groups in total. The molecule has 3 rings (SSSR count). The van der Waals surface area contributed by atoms with Gasteiger partial charge in [-0.05, 0) is 63.1 Å². The lowest BCUT2D eigenvalue weighted by atomic mass is 9.94. The number of methoxy groups -OCH3 is 1. The summed E-state index contributed by atoms with van der Waals surface area (Å²) in [6.45, 7) is 16.5. The minimum Gasteiger partial charge on any atom is -0.507 e. The molecule has 0 aliphatic carbocycles. The van der Waals surface area contributed by atoms with Crippen LogP contribution < -0.4 is 0 Å². The summed E-state index contributed by atoms with van der Waals surface area (Å²) in [6, 6.07) is 2.08. The summed E-state index contributed by atoms with van der Waals surface area (Å²) in [5, 5.41) is 34.1. The zero-order chi connectivity index (χ0) is 63.2. The van der Waals surface area contributed by atoms with Gasteiger partial charge in [-0.3, -0.25) is 0 Å². The van der Waals surface area contributed by atoms with Gasteiger partial charge < -0.3 is 144 Å². The maximum Gasteiger partial charge on any atom is 0.488 e. The van der Waals surface area contributed by atoms with Crippen LogP contribution in [0.2, 0.25) is 57.4 Å². The van der Waals surface area contributed by atoms with Gasteiger partial charge >= 0.3 is 79.2 Å². The number of hydrogen-bond donors (Lipinski definition) is 16. The van der Waals surface area contributed by atoms with E-state index in [-0.39, 0.29) is 57.5 Å². The van der Waals surface area contributed by atoms with Crippen LogP contribution >= 0.6 is 0 Å². The van der Waals surface area contributed by atoms with Crippen LogP contribution in [0.1, 0.15) is 42.9 Å². The molecule has 0 saturated carbocycles. The fraction of sp³-hybridized carbons (Fsp3) is 0.767. The lowest BCUT2D eigenvalue weighted by Crippen LogP contribution is -2.66. The molecular formula is C43H90O31Si9. The summed E-state index contributed by atoms with van der Waals surface area (Å²) in [5.41, 5.74) is 2.01. The van der Waals surface area contributed by atoms with Gasteiger partial charge in [-0.2, -0.15) is 0 Å². The molecule has 11 atom stereocenters. The normalized spacial score (nSPS) is 25.4. The lowest BCUT2D eigenvalue weighted by molar-refractivity contribution is -0.350. The Kier molecular flexibility index (Phi) is 29.8. The Balaban J connectivity index is 1.95. The zero-order valence-corrected chi connectivity index (χ0v) is 57.5. The van der Waals surface area contributed by atoms with Gasteiger partial charge in [-0.25, -0.2) is 0 Å². The van der Waals surface area contributed by atoms with E-state index in [1.807, 2.05) is 0 Å². The van der Waals surface area contributed by atoms with Crippen LogP contribution in [0.25, 0.3) is 0 Å². The molecule has 31 nitrogen and oxygen atoms in total. The fourth-order valence-electron chi connectivity index (χ4n) is 9.24. The molecule has 0 aromatic heterocycles. The maximum absolute atomic E-state index is 12.3. The van der Waals surface area contributed by atoms with E-state index >= 15 is 0 Å². The Morgan fingerprint density at radius 1 is 0.542 bits per heavy atom. The van der Waals surface area contributed by atoms with Gasteiger partial charge in [0.15, 0.2) is 6.29 Å². The molecule has 40 heteroatoms. The molecule has 1 aromatic rings. The van der Waals surface area contributed by atoms with Gasteiger partial charge in [-0.1, -0.05) is 24.3 Å². The Morgan fingerprint density at radius 2 is 1.00 bits per heavy atom. The third kappa shape index (κ3) is 27.5. The number of rotatable bonds is 39. The highest BCUT2D eigenvalue weighted by molar-refractivity contribution is 6.85. The number of ether oxygens (including phenoxy) is 8. The third-order valence-electron chi connectivity index (χ3n) is 11.9. The summed E-state index contributed by atoms with van der Waals surface area (Å²) in [7, 11) is -41.5. The predicted molar refractivity (Wildman–Crippen MR) is 305 cm³/mol. The standard InChI is InChI=1S/C43H90O31Si9/c1-13-19-61-28-34-40(60-6)38(46)42(63-20-14-2)43(66-34)67-41-35(29-62-21-16-24-82(68-75(7,47)48,69-76(8,49)50)70-77(9,51)52)65-32(5)39(37(41)45)64-22-17-25-83(71-78(10,53)54,72-79(11,55)56)74-80(12,57)73-81(58,59)23-15-18-33-26-30(3)36(44)31(4)27-33/h13-14,26-27,32,34-35,37-59H,1-2,15-25,28-29H2,3-12H3/t32-,34+,35+,37+,38-,39-,40+,41+,42+,43-,80?/m0/s1. The average molecular weight is 1360 g/mol. The number of hydrogen-bond acceptors (Lipinski definition) is 31. The second-order valence-electron chi connectivity index (χ2n) is 21.1. The van der Waals surface area contributed by atoms with Crippen LogP contribution in [0, 0.1) is 13.8 Å². The number of aliphatic hydroxyl groups is 2. The van der Waals surface area contributed by atoms with E-state index in [2.05, 4.69) is 13.2 Å². The van der Waals surface area contributed by atoms with E-state index in [0.717, 1.165) is 44.8 Å². The van der Waals surface area contributed by atoms with Gasteiger partial charge in [0, 0.05) is 77.7 Å². The van der Waals surface area contributed by atoms with E-state index in [4.69, 9.17) is 66.7 Å². The van der Waals surface area contributed by atoms with E-state index < -0.39 is 166 Å². The van der Waals surface area contributed by atoms with Crippen molar-refractivity contribution in [1.82, 2.24) is 0 Å². The van der Waals surface area contributed by atoms with Crippen LogP contribution in [-0.4, -0.2) is 265 Å². The minimum absolute atomic E-state index is 0.0973. The highest BCUT2D eigenvalue weighted by Crippen LogP contribution is 2.35. The van der Waals surface area contributed by atoms with E-state index in [1.54, 1.807) is 26.0 Å². The van der Waals surface area contributed by atoms with Crippen molar-refractivity contribution in [3.63, 3.8) is 0 Å². The molecule has 2 saturated heterocycles. The van der Waals surface area contributed by atoms with Crippen molar-refractivity contribution in [3.05, 3.63) is 54.1 Å². The van der Waals surface area contributed by atoms with E-state index in [9.17, 15) is 77.7 Å². The lowest BCUT2D eigenvalue weighted by Gasteiger charge is -2.48. The minimum atomic E-state index is -5.01. The number of aromatic hydroxyl groups is 1. The number of phenols is 1. The summed E-state index contributed by atoms with van der Waals surface area (Å²) in [4.78, 5) is 138. The Bertz CT molecular complexity index is 2040. The predicted octanol–water partition coefficient (Wildman–Crippen LogP) is -3.22. The van der Waals surface area contributed by atoms with Crippen molar-refractivity contribution >= 4 is 79.2 Å². The molecule has 83 heavy (non-hydrogen) atoms. The topological polar surface area (TPSA) is 462 Å². The molecule has 2 fully saturated rings. The first-order valence-electron chi connectivity index (χ1n) is 26.5. The number of phenolic OH excluding ortho intramolecular Hbond substituents is 1. The molecule has 1 aromatic carbocycles. The summed E-state index contributed by atoms with van der Waals surface area (Å²) >= 11 is 0. The number of aliphatic hydroxyl groups excluding tert-OH is 2. The van der Waals surface area contributed by atoms with Crippen molar-refractivity contribution < 1.29 is 144 Å². The monoisotopic (exact) mass is 1350 g/mol. The summed E-state index contributed by atoms with van der Waals surface area (Å²) in [6.07, 6.45) is -10.1. The quantitative estimate of drug-likeness (QED) is 0.0175. The first-order valence-corrected chi connectivity index (χ1v) is 46.2. The first kappa shape index (κ1) is 76.5. The molecule has 0 bridgehead atoms. The largest absolute Gasteiger partial charge is 0.507 e. The third-order valence-corrected chi connectivity index (χ3v) is 34.4. The fourth-order valence-corrected chi connectivity index (χ4v) is 34.2. The van der Waals surface area contributed by atoms with Crippen molar-refractivity contribution in [2.24, 2.45) is 0 Å². The van der Waals surface area contributed by atoms with E-state index in [0.29, 0.717) is 17.5 Å². The van der Waals surface area contributed by atoms with Crippen molar-refractivity contribution in [2.45, 2.75) is 165 Å². The highest BCUT2D eigenvalue weighted by Gasteiger charge is 2.60. The molecular weight excluding hydrogens is 1270 g/mol. The Hall–Kier alpha value is -0.748. The highest BCUT2D eigenvalue weighted by atomic mass is 28.5. The van der Waals surface area contributed by atoms with Crippen LogP contribution in [-0.2, 0) is 73.1 Å². The molecule has 0 radical (unpaired) electrons. The molecule has 2 aliphatic heterocycles. The number of aryl methyl sites for hydroxylation is 3. The van der Waals surface area contributed by atoms with Crippen molar-refractivity contribution in [2.75, 3.05) is 46.8 Å². The van der Waals surface area contributed by atoms with Crippen LogP contribution in [0.3, 0.4) is 0 Å². The van der Waals surface area contributed by atoms with Gasteiger partial charge in [-0.15, -0.1) is 13.2 Å². The smallest absolute Gasteiger partial charge is 0.488 e. The van der Waals surface area contributed by atoms with Gasteiger partial charge in [0.1, 0.15) is 54.6 Å². The first-order chi connectivity index (χ1) is 38.0. The van der Waals surface area contributed by atoms with Crippen molar-refractivity contribution in [3.8, 4) is 5.75 Å². The second-order valence-corrected chi connectivity index (χ2v) is 43.6. The van der Waals surface area contributed by atoms with Crippen LogP contribution in [0.15, 0.2) is 37.4 Å². The average Bonchev–Trinajstić information content (AvgIpc) is 3.39. The molecule has 484 valence electrons. The number of benzene rings is 1. The zero-order valence-electron chi connectivity index (χ0n) is 48.5. The van der Waals surface area contributed by atoms with Crippen molar-refractivity contribution in [1.29, 1.82) is 0 Å². The Labute approximate surface area is 493 Å². The molecule has 2 aliphatic rings. The Morgan fingerprint density at radius 3 is 1.48 bits per heavy atom. The molecule has 2 heterocycles. The summed E-state index contributed by atoms with van der Waals surface area (Å²) in [5.74, 6) is 0.125. The SMILES string of the molecule is C=CCOC[C@H]1O[C@@H](O[C@H]2[C@H](O)[C@@H](OCCC[Si](O[Si](C)(O)O)(O[Si](C)(O)O)O[Si](C)(O)O[Si](O)(O)CCCc3cc(C)c(O)c(C)c3)[C@H](C)O[C@@H]2COCCC[Si](O[Si](C)(O)O)(O[Si](C)(O)O)O[Si](C)(O)O)[C@H](OCC=C)[C@@H](O)[C@@H]1OC. The van der Waals surface area contributed by atoms with E-state index in [1.165, 1.54) is 26.2 Å².